The summed E-state index contributed by atoms with van der Waals surface area (Å²) in [5, 5.41) is 19.5. The minimum atomic E-state index is -0.658. The van der Waals surface area contributed by atoms with Gasteiger partial charge in [-0.25, -0.2) is 0 Å². The monoisotopic (exact) mass is 319 g/mol. The number of rotatable bonds is 3. The number of benzene rings is 1. The van der Waals surface area contributed by atoms with E-state index in [1.54, 1.807) is 24.3 Å². The Morgan fingerprint density at radius 3 is 2.79 bits per heavy atom. The Morgan fingerprint density at radius 1 is 1.37 bits per heavy atom. The van der Waals surface area contributed by atoms with E-state index in [1.165, 1.54) is 12.1 Å². The third-order valence-corrected chi connectivity index (χ3v) is 2.66. The first kappa shape index (κ1) is 13.0. The molecule has 7 heteroatoms. The van der Waals surface area contributed by atoms with Crippen LogP contribution in [0.3, 0.4) is 0 Å². The summed E-state index contributed by atoms with van der Waals surface area (Å²) in [5.74, 6) is 0.639. The molecule has 0 spiro atoms. The molecule has 1 aromatic heterocycles. The molecule has 0 saturated carbocycles. The summed E-state index contributed by atoms with van der Waals surface area (Å²) in [7, 11) is 0. The Kier molecular flexibility index (Phi) is 3.73. The SMILES string of the molecule is N#Cc1nc(Oc2cccc(Br)c2)ccc1[N+](=O)[O-]. The summed E-state index contributed by atoms with van der Waals surface area (Å²) in [6, 6.07) is 11.2. The second-order valence-corrected chi connectivity index (χ2v) is 4.36. The van der Waals surface area contributed by atoms with Crippen LogP contribution < -0.4 is 4.74 Å². The molecule has 1 heterocycles. The Hall–Kier alpha value is -2.46. The second-order valence-electron chi connectivity index (χ2n) is 3.45. The lowest BCUT2D eigenvalue weighted by Gasteiger charge is -2.05. The molecular weight excluding hydrogens is 314 g/mol. The summed E-state index contributed by atoms with van der Waals surface area (Å²) >= 11 is 3.29. The molecule has 2 aromatic rings. The summed E-state index contributed by atoms with van der Waals surface area (Å²) in [6.45, 7) is 0. The smallest absolute Gasteiger partial charge is 0.305 e. The van der Waals surface area contributed by atoms with Crippen LogP contribution >= 0.6 is 15.9 Å². The van der Waals surface area contributed by atoms with Crippen LogP contribution in [0.5, 0.6) is 11.6 Å². The third-order valence-electron chi connectivity index (χ3n) is 2.17. The first-order chi connectivity index (χ1) is 9.10. The van der Waals surface area contributed by atoms with Gasteiger partial charge in [-0.2, -0.15) is 10.2 Å². The van der Waals surface area contributed by atoms with Gasteiger partial charge in [-0.1, -0.05) is 22.0 Å². The summed E-state index contributed by atoms with van der Waals surface area (Å²) in [6.07, 6.45) is 0. The van der Waals surface area contributed by atoms with Crippen LogP contribution in [0.1, 0.15) is 5.69 Å². The molecule has 0 N–H and O–H groups in total. The van der Waals surface area contributed by atoms with E-state index in [9.17, 15) is 10.1 Å². The van der Waals surface area contributed by atoms with Crippen LogP contribution in [0, 0.1) is 21.4 Å². The number of nitrogens with zero attached hydrogens (tertiary/aromatic N) is 3. The van der Waals surface area contributed by atoms with Crippen LogP contribution in [-0.4, -0.2) is 9.91 Å². The van der Waals surface area contributed by atoms with Crippen molar-refractivity contribution in [2.45, 2.75) is 0 Å². The van der Waals surface area contributed by atoms with Gasteiger partial charge in [0, 0.05) is 16.6 Å². The summed E-state index contributed by atoms with van der Waals surface area (Å²) < 4.78 is 6.25. The highest BCUT2D eigenvalue weighted by molar-refractivity contribution is 9.10. The van der Waals surface area contributed by atoms with Gasteiger partial charge in [0.2, 0.25) is 11.6 Å². The minimum absolute atomic E-state index is 0.125. The molecule has 0 saturated heterocycles. The van der Waals surface area contributed by atoms with Crippen molar-refractivity contribution in [2.24, 2.45) is 0 Å². The van der Waals surface area contributed by atoms with Gasteiger partial charge >= 0.3 is 5.69 Å². The molecule has 0 radical (unpaired) electrons. The van der Waals surface area contributed by atoms with E-state index in [-0.39, 0.29) is 17.3 Å². The predicted molar refractivity (Wildman–Crippen MR) is 69.8 cm³/mol. The highest BCUT2D eigenvalue weighted by Crippen LogP contribution is 2.25. The molecule has 2 rings (SSSR count). The Labute approximate surface area is 116 Å². The standard InChI is InChI=1S/C12H6BrN3O3/c13-8-2-1-3-9(6-8)19-12-5-4-11(16(17)18)10(7-14)15-12/h1-6H. The van der Waals surface area contributed by atoms with Crippen molar-refractivity contribution in [2.75, 3.05) is 0 Å². The summed E-state index contributed by atoms with van der Waals surface area (Å²) in [5.41, 5.74) is -0.624. The Bertz CT molecular complexity index is 682. The van der Waals surface area contributed by atoms with Gasteiger partial charge in [-0.05, 0) is 18.2 Å². The van der Waals surface area contributed by atoms with Gasteiger partial charge in [0.15, 0.2) is 0 Å². The summed E-state index contributed by atoms with van der Waals surface area (Å²) in [4.78, 5) is 13.8. The van der Waals surface area contributed by atoms with Crippen molar-refractivity contribution < 1.29 is 9.66 Å². The van der Waals surface area contributed by atoms with E-state index in [0.717, 1.165) is 4.47 Å². The molecule has 94 valence electrons. The highest BCUT2D eigenvalue weighted by atomic mass is 79.9. The van der Waals surface area contributed by atoms with Crippen LogP contribution in [0.25, 0.3) is 0 Å². The molecule has 19 heavy (non-hydrogen) atoms. The highest BCUT2D eigenvalue weighted by Gasteiger charge is 2.16. The molecule has 0 aliphatic rings. The lowest BCUT2D eigenvalue weighted by Crippen LogP contribution is -1.97. The maximum atomic E-state index is 10.7. The lowest BCUT2D eigenvalue weighted by molar-refractivity contribution is -0.385. The van der Waals surface area contributed by atoms with Crippen molar-refractivity contribution in [3.05, 3.63) is 56.7 Å². The predicted octanol–water partition coefficient (Wildman–Crippen LogP) is 3.42. The molecule has 0 atom stereocenters. The number of hydrogen-bond donors (Lipinski definition) is 0. The molecular formula is C12H6BrN3O3. The van der Waals surface area contributed by atoms with Crippen LogP contribution in [0.15, 0.2) is 40.9 Å². The molecule has 0 aliphatic heterocycles. The van der Waals surface area contributed by atoms with E-state index in [1.807, 2.05) is 6.07 Å². The van der Waals surface area contributed by atoms with Gasteiger partial charge in [0.05, 0.1) is 4.92 Å². The van der Waals surface area contributed by atoms with Gasteiger partial charge in [0.25, 0.3) is 0 Å². The lowest BCUT2D eigenvalue weighted by atomic mass is 10.3. The van der Waals surface area contributed by atoms with E-state index in [0.29, 0.717) is 5.75 Å². The van der Waals surface area contributed by atoms with Crippen molar-refractivity contribution >= 4 is 21.6 Å². The van der Waals surface area contributed by atoms with E-state index in [2.05, 4.69) is 20.9 Å². The topological polar surface area (TPSA) is 89.0 Å². The number of aromatic nitrogens is 1. The van der Waals surface area contributed by atoms with Gasteiger partial charge in [-0.15, -0.1) is 0 Å². The molecule has 0 unspecified atom stereocenters. The fraction of sp³-hybridized carbons (Fsp3) is 0. The Morgan fingerprint density at radius 2 is 2.16 bits per heavy atom. The molecule has 0 fully saturated rings. The van der Waals surface area contributed by atoms with Crippen LogP contribution in [0.2, 0.25) is 0 Å². The largest absolute Gasteiger partial charge is 0.439 e. The minimum Gasteiger partial charge on any atom is -0.439 e. The van der Waals surface area contributed by atoms with Crippen molar-refractivity contribution in [1.29, 1.82) is 5.26 Å². The van der Waals surface area contributed by atoms with Gasteiger partial charge < -0.3 is 4.74 Å². The molecule has 6 nitrogen and oxygen atoms in total. The number of halogens is 1. The average molecular weight is 320 g/mol. The van der Waals surface area contributed by atoms with E-state index < -0.39 is 4.92 Å². The zero-order valence-electron chi connectivity index (χ0n) is 9.41. The quantitative estimate of drug-likeness (QED) is 0.638. The molecule has 1 aromatic carbocycles. The fourth-order valence-corrected chi connectivity index (χ4v) is 1.75. The average Bonchev–Trinajstić information content (AvgIpc) is 2.38. The number of pyridine rings is 1. The number of hydrogen-bond acceptors (Lipinski definition) is 5. The maximum Gasteiger partial charge on any atom is 0.305 e. The number of ether oxygens (including phenoxy) is 1. The number of nitriles is 1. The molecule has 0 aliphatic carbocycles. The fourth-order valence-electron chi connectivity index (χ4n) is 1.37. The zero-order chi connectivity index (χ0) is 13.8. The van der Waals surface area contributed by atoms with Crippen LogP contribution in [-0.2, 0) is 0 Å². The Balaban J connectivity index is 2.32. The van der Waals surface area contributed by atoms with Crippen molar-refractivity contribution in [3.63, 3.8) is 0 Å². The molecule has 0 bridgehead atoms. The van der Waals surface area contributed by atoms with Crippen molar-refractivity contribution in [1.82, 2.24) is 4.98 Å². The maximum absolute atomic E-state index is 10.7. The van der Waals surface area contributed by atoms with E-state index >= 15 is 0 Å². The zero-order valence-corrected chi connectivity index (χ0v) is 11.0. The first-order valence-electron chi connectivity index (χ1n) is 5.09. The molecule has 0 amide bonds. The normalized spacial score (nSPS) is 9.68. The third kappa shape index (κ3) is 3.05. The second kappa shape index (κ2) is 5.46. The van der Waals surface area contributed by atoms with Crippen LogP contribution in [0.4, 0.5) is 5.69 Å². The van der Waals surface area contributed by atoms with E-state index in [4.69, 9.17) is 10.00 Å². The first-order valence-corrected chi connectivity index (χ1v) is 5.88. The van der Waals surface area contributed by atoms with Gasteiger partial charge in [0.1, 0.15) is 11.8 Å². The number of nitro groups is 1. The van der Waals surface area contributed by atoms with Crippen molar-refractivity contribution in [3.8, 4) is 17.7 Å². The van der Waals surface area contributed by atoms with Gasteiger partial charge in [-0.3, -0.25) is 10.1 Å².